The highest BCUT2D eigenvalue weighted by molar-refractivity contribution is 5.73. The number of halogens is 1. The number of anilines is 1. The summed E-state index contributed by atoms with van der Waals surface area (Å²) in [5.41, 5.74) is -0.205. The fourth-order valence-corrected chi connectivity index (χ4v) is 2.49. The third-order valence-corrected chi connectivity index (χ3v) is 3.56. The van der Waals surface area contributed by atoms with Crippen LogP contribution in [0.15, 0.2) is 12.1 Å². The van der Waals surface area contributed by atoms with Crippen LogP contribution >= 0.6 is 0 Å². The maximum atomic E-state index is 13.6. The van der Waals surface area contributed by atoms with Crippen molar-refractivity contribution in [1.82, 2.24) is 0 Å². The number of nitro groups is 1. The summed E-state index contributed by atoms with van der Waals surface area (Å²) in [5, 5.41) is 20.2. The molecule has 114 valence electrons. The van der Waals surface area contributed by atoms with Crippen LogP contribution in [-0.2, 0) is 4.79 Å². The molecular formula is C13H15FN2O5. The van der Waals surface area contributed by atoms with Gasteiger partial charge in [0.05, 0.1) is 24.0 Å². The molecule has 0 bridgehead atoms. The zero-order chi connectivity index (χ0) is 15.6. The third kappa shape index (κ3) is 3.04. The lowest BCUT2D eigenvalue weighted by Crippen LogP contribution is -2.39. The molecule has 0 radical (unpaired) electrons. The van der Waals surface area contributed by atoms with Crippen LogP contribution in [0.25, 0.3) is 0 Å². The summed E-state index contributed by atoms with van der Waals surface area (Å²) in [5.74, 6) is -2.45. The molecule has 1 aliphatic rings. The van der Waals surface area contributed by atoms with Gasteiger partial charge in [-0.1, -0.05) is 0 Å². The van der Waals surface area contributed by atoms with Crippen LogP contribution in [0.4, 0.5) is 15.8 Å². The predicted molar refractivity (Wildman–Crippen MR) is 72.2 cm³/mol. The summed E-state index contributed by atoms with van der Waals surface area (Å²) in [6.07, 6.45) is 1.13. The Balaban J connectivity index is 2.41. The molecule has 1 N–H and O–H groups in total. The molecule has 21 heavy (non-hydrogen) atoms. The highest BCUT2D eigenvalue weighted by Gasteiger charge is 2.30. The number of nitro benzene ring substituents is 1. The van der Waals surface area contributed by atoms with Gasteiger partial charge in [0.1, 0.15) is 5.69 Å². The number of ether oxygens (including phenoxy) is 1. The predicted octanol–water partition coefficient (Wildman–Crippen LogP) is 2.04. The molecule has 1 fully saturated rings. The summed E-state index contributed by atoms with van der Waals surface area (Å²) in [6, 6.07) is 2.05. The topological polar surface area (TPSA) is 92.9 Å². The molecule has 1 atom stereocenters. The zero-order valence-corrected chi connectivity index (χ0v) is 11.4. The highest BCUT2D eigenvalue weighted by atomic mass is 19.1. The van der Waals surface area contributed by atoms with Gasteiger partial charge >= 0.3 is 5.97 Å². The molecule has 1 unspecified atom stereocenters. The monoisotopic (exact) mass is 298 g/mol. The second-order valence-corrected chi connectivity index (χ2v) is 4.86. The molecule has 1 aromatic carbocycles. The Morgan fingerprint density at radius 2 is 2.29 bits per heavy atom. The van der Waals surface area contributed by atoms with Gasteiger partial charge < -0.3 is 14.7 Å². The molecular weight excluding hydrogens is 283 g/mol. The Bertz CT molecular complexity index is 578. The summed E-state index contributed by atoms with van der Waals surface area (Å²) >= 11 is 0. The fourth-order valence-electron chi connectivity index (χ4n) is 2.49. The van der Waals surface area contributed by atoms with Crippen molar-refractivity contribution in [2.45, 2.75) is 12.8 Å². The van der Waals surface area contributed by atoms with Crippen LogP contribution in [0.3, 0.4) is 0 Å². The first-order chi connectivity index (χ1) is 9.93. The van der Waals surface area contributed by atoms with Gasteiger partial charge in [0.2, 0.25) is 0 Å². The molecule has 0 spiro atoms. The average Bonchev–Trinajstić information content (AvgIpc) is 2.46. The molecule has 2 rings (SSSR count). The number of carboxylic acid groups (broad SMARTS) is 1. The number of hydrogen-bond donors (Lipinski definition) is 1. The van der Waals surface area contributed by atoms with E-state index in [1.54, 1.807) is 4.90 Å². The Kier molecular flexibility index (Phi) is 4.25. The summed E-state index contributed by atoms with van der Waals surface area (Å²) in [4.78, 5) is 23.1. The van der Waals surface area contributed by atoms with Gasteiger partial charge in [-0.15, -0.1) is 0 Å². The second-order valence-electron chi connectivity index (χ2n) is 4.86. The number of aliphatic carboxylic acids is 1. The first-order valence-electron chi connectivity index (χ1n) is 6.43. The van der Waals surface area contributed by atoms with E-state index in [2.05, 4.69) is 0 Å². The lowest BCUT2D eigenvalue weighted by Gasteiger charge is -2.32. The van der Waals surface area contributed by atoms with Gasteiger partial charge in [-0.3, -0.25) is 14.9 Å². The van der Waals surface area contributed by atoms with Crippen LogP contribution in [0.5, 0.6) is 5.75 Å². The molecule has 0 aliphatic carbocycles. The van der Waals surface area contributed by atoms with Gasteiger partial charge in [0, 0.05) is 19.2 Å². The van der Waals surface area contributed by atoms with E-state index in [0.29, 0.717) is 19.4 Å². The number of rotatable bonds is 4. The number of carbonyl (C=O) groups is 1. The molecule has 0 saturated carbocycles. The van der Waals surface area contributed by atoms with Gasteiger partial charge in [-0.2, -0.15) is 0 Å². The Hall–Kier alpha value is -2.38. The van der Waals surface area contributed by atoms with Crippen LogP contribution < -0.4 is 9.64 Å². The number of benzene rings is 1. The van der Waals surface area contributed by atoms with Crippen LogP contribution in [0.1, 0.15) is 12.8 Å². The van der Waals surface area contributed by atoms with Gasteiger partial charge in [-0.05, 0) is 12.8 Å². The van der Waals surface area contributed by atoms with E-state index >= 15 is 0 Å². The van der Waals surface area contributed by atoms with Gasteiger partial charge in [0.25, 0.3) is 5.69 Å². The van der Waals surface area contributed by atoms with E-state index in [-0.39, 0.29) is 23.7 Å². The van der Waals surface area contributed by atoms with Gasteiger partial charge in [-0.25, -0.2) is 4.39 Å². The first-order valence-corrected chi connectivity index (χ1v) is 6.43. The lowest BCUT2D eigenvalue weighted by atomic mass is 9.97. The Labute approximate surface area is 120 Å². The highest BCUT2D eigenvalue weighted by Crippen LogP contribution is 2.36. The number of piperidine rings is 1. The SMILES string of the molecule is COc1cc(N2CCCC(C(=O)O)C2)c([N+](=O)[O-])cc1F. The molecule has 1 aliphatic heterocycles. The van der Waals surface area contributed by atoms with E-state index in [4.69, 9.17) is 9.84 Å². The van der Waals surface area contributed by atoms with Crippen molar-refractivity contribution < 1.29 is 24.0 Å². The number of nitrogens with zero attached hydrogens (tertiary/aromatic N) is 2. The number of methoxy groups -OCH3 is 1. The standard InChI is InChI=1S/C13H15FN2O5/c1-21-12-6-10(11(16(19)20)5-9(12)14)15-4-2-3-8(7-15)13(17)18/h5-6,8H,2-4,7H2,1H3,(H,17,18). The van der Waals surface area contributed by atoms with E-state index in [9.17, 15) is 19.3 Å². The molecule has 0 aromatic heterocycles. The normalized spacial score (nSPS) is 18.4. The molecule has 1 heterocycles. The summed E-state index contributed by atoms with van der Waals surface area (Å²) < 4.78 is 18.5. The van der Waals surface area contributed by atoms with Crippen molar-refractivity contribution in [2.75, 3.05) is 25.1 Å². The molecule has 1 saturated heterocycles. The van der Waals surface area contributed by atoms with Crippen molar-refractivity contribution in [2.24, 2.45) is 5.92 Å². The van der Waals surface area contributed by atoms with Crippen molar-refractivity contribution in [3.63, 3.8) is 0 Å². The minimum Gasteiger partial charge on any atom is -0.494 e. The first kappa shape index (κ1) is 15.0. The number of hydrogen-bond acceptors (Lipinski definition) is 5. The van der Waals surface area contributed by atoms with Gasteiger partial charge in [0.15, 0.2) is 11.6 Å². The summed E-state index contributed by atoms with van der Waals surface area (Å²) in [6.45, 7) is 0.643. The van der Waals surface area contributed by atoms with E-state index in [1.165, 1.54) is 13.2 Å². The van der Waals surface area contributed by atoms with E-state index in [0.717, 1.165) is 6.07 Å². The van der Waals surface area contributed by atoms with E-state index in [1.807, 2.05) is 0 Å². The average molecular weight is 298 g/mol. The molecule has 7 nitrogen and oxygen atoms in total. The molecule has 0 amide bonds. The lowest BCUT2D eigenvalue weighted by molar-refractivity contribution is -0.384. The van der Waals surface area contributed by atoms with Crippen molar-refractivity contribution in [3.8, 4) is 5.75 Å². The van der Waals surface area contributed by atoms with Crippen LogP contribution in [-0.4, -0.2) is 36.2 Å². The Morgan fingerprint density at radius 3 is 2.86 bits per heavy atom. The van der Waals surface area contributed by atoms with Crippen LogP contribution in [0.2, 0.25) is 0 Å². The largest absolute Gasteiger partial charge is 0.494 e. The Morgan fingerprint density at radius 1 is 1.57 bits per heavy atom. The van der Waals surface area contributed by atoms with E-state index < -0.39 is 22.6 Å². The molecule has 1 aromatic rings. The minimum absolute atomic E-state index is 0.104. The fraction of sp³-hybridized carbons (Fsp3) is 0.462. The summed E-state index contributed by atoms with van der Waals surface area (Å²) in [7, 11) is 1.27. The quantitative estimate of drug-likeness (QED) is 0.675. The maximum Gasteiger partial charge on any atom is 0.308 e. The number of carboxylic acids is 1. The third-order valence-electron chi connectivity index (χ3n) is 3.56. The second kappa shape index (κ2) is 5.94. The van der Waals surface area contributed by atoms with Crippen molar-refractivity contribution >= 4 is 17.3 Å². The smallest absolute Gasteiger partial charge is 0.308 e. The molecule has 8 heteroatoms. The maximum absolute atomic E-state index is 13.6. The van der Waals surface area contributed by atoms with Crippen LogP contribution in [0, 0.1) is 21.8 Å². The zero-order valence-electron chi connectivity index (χ0n) is 11.4. The minimum atomic E-state index is -0.934. The van der Waals surface area contributed by atoms with Crippen molar-refractivity contribution in [1.29, 1.82) is 0 Å². The van der Waals surface area contributed by atoms with Crippen molar-refractivity contribution in [3.05, 3.63) is 28.1 Å².